The molecule has 0 spiro atoms. The molecule has 0 saturated heterocycles. The Balaban J connectivity index is 1.66. The molecule has 0 radical (unpaired) electrons. The van der Waals surface area contributed by atoms with Crippen LogP contribution in [0, 0.1) is 11.3 Å². The highest BCUT2D eigenvalue weighted by atomic mass is 15.5. The summed E-state index contributed by atoms with van der Waals surface area (Å²) >= 11 is 0. The Labute approximate surface area is 139 Å². The lowest BCUT2D eigenvalue weighted by Crippen LogP contribution is -1.96. The molecule has 0 aliphatic carbocycles. The second-order valence-corrected chi connectivity index (χ2v) is 5.07. The zero-order chi connectivity index (χ0) is 16.6. The Morgan fingerprint density at radius 2 is 2.17 bits per heavy atom. The molecule has 0 aliphatic rings. The van der Waals surface area contributed by atoms with Gasteiger partial charge in [0.2, 0.25) is 5.82 Å². The van der Waals surface area contributed by atoms with Crippen molar-refractivity contribution in [1.29, 1.82) is 5.26 Å². The molecule has 7 heteroatoms. The van der Waals surface area contributed by atoms with E-state index in [0.29, 0.717) is 5.57 Å². The van der Waals surface area contributed by atoms with Crippen LogP contribution in [0.1, 0.15) is 17.1 Å². The van der Waals surface area contributed by atoms with Gasteiger partial charge in [-0.3, -0.25) is 4.98 Å². The van der Waals surface area contributed by atoms with E-state index >= 15 is 0 Å². The fourth-order valence-corrected chi connectivity index (χ4v) is 2.21. The van der Waals surface area contributed by atoms with Crippen LogP contribution in [-0.2, 0) is 12.8 Å². The van der Waals surface area contributed by atoms with Crippen LogP contribution in [0.25, 0.3) is 5.57 Å². The Kier molecular flexibility index (Phi) is 4.90. The largest absolute Gasteiger partial charge is 0.360 e. The lowest BCUT2D eigenvalue weighted by molar-refractivity contribution is 0.881. The van der Waals surface area contributed by atoms with Gasteiger partial charge in [-0.1, -0.05) is 18.2 Å². The molecule has 0 saturated carbocycles. The molecule has 3 rings (SSSR count). The number of rotatable bonds is 6. The third-order valence-electron chi connectivity index (χ3n) is 3.41. The number of benzene rings is 1. The van der Waals surface area contributed by atoms with Crippen molar-refractivity contribution in [1.82, 2.24) is 25.6 Å². The predicted octanol–water partition coefficient (Wildman–Crippen LogP) is 2.36. The van der Waals surface area contributed by atoms with Gasteiger partial charge in [0.25, 0.3) is 0 Å². The molecule has 7 nitrogen and oxygen atoms in total. The van der Waals surface area contributed by atoms with Crippen LogP contribution < -0.4 is 5.32 Å². The number of H-pyrrole nitrogens is 1. The van der Waals surface area contributed by atoms with Crippen LogP contribution >= 0.6 is 0 Å². The van der Waals surface area contributed by atoms with Crippen molar-refractivity contribution in [2.24, 2.45) is 0 Å². The van der Waals surface area contributed by atoms with Crippen molar-refractivity contribution in [3.8, 4) is 6.07 Å². The quantitative estimate of drug-likeness (QED) is 0.676. The van der Waals surface area contributed by atoms with Crippen LogP contribution in [0.15, 0.2) is 54.9 Å². The van der Waals surface area contributed by atoms with Gasteiger partial charge in [-0.25, -0.2) is 0 Å². The maximum Gasteiger partial charge on any atom is 0.216 e. The standard InChI is InChI=1S/C17H15N7/c18-11-14(17-21-23-24-22-17)12-20-16-6-3-4-13(10-16)7-8-15-5-1-2-9-19-15/h1-6,9-10,12,20H,7-8H2,(H,21,22,23,24). The molecule has 0 unspecified atom stereocenters. The number of aryl methyl sites for hydroxylation is 2. The highest BCUT2D eigenvalue weighted by Crippen LogP contribution is 2.14. The summed E-state index contributed by atoms with van der Waals surface area (Å²) in [6, 6.07) is 16.0. The molecule has 0 amide bonds. The van der Waals surface area contributed by atoms with E-state index < -0.39 is 0 Å². The van der Waals surface area contributed by atoms with Gasteiger partial charge in [0.15, 0.2) is 0 Å². The van der Waals surface area contributed by atoms with Crippen molar-refractivity contribution in [2.75, 3.05) is 5.32 Å². The van der Waals surface area contributed by atoms with E-state index in [-0.39, 0.29) is 5.82 Å². The first-order valence-corrected chi connectivity index (χ1v) is 7.44. The van der Waals surface area contributed by atoms with E-state index in [4.69, 9.17) is 5.26 Å². The molecule has 0 bridgehead atoms. The number of hydrogen-bond acceptors (Lipinski definition) is 6. The van der Waals surface area contributed by atoms with Crippen LogP contribution in [0.2, 0.25) is 0 Å². The number of allylic oxidation sites excluding steroid dienone is 1. The minimum atomic E-state index is 0.260. The average Bonchev–Trinajstić information content (AvgIpc) is 3.16. The van der Waals surface area contributed by atoms with E-state index in [1.54, 1.807) is 12.4 Å². The monoisotopic (exact) mass is 317 g/mol. The Morgan fingerprint density at radius 1 is 1.21 bits per heavy atom. The van der Waals surface area contributed by atoms with Crippen LogP contribution in [-0.4, -0.2) is 25.6 Å². The normalized spacial score (nSPS) is 11.0. The number of nitrogens with one attached hydrogen (secondary N) is 2. The van der Waals surface area contributed by atoms with Gasteiger partial charge in [0.05, 0.1) is 0 Å². The minimum Gasteiger partial charge on any atom is -0.360 e. The fraction of sp³-hybridized carbons (Fsp3) is 0.118. The lowest BCUT2D eigenvalue weighted by Gasteiger charge is -2.05. The maximum atomic E-state index is 9.15. The molecule has 2 aromatic heterocycles. The van der Waals surface area contributed by atoms with E-state index in [1.165, 1.54) is 5.56 Å². The van der Waals surface area contributed by atoms with Gasteiger partial charge in [-0.15, -0.1) is 10.2 Å². The zero-order valence-corrected chi connectivity index (χ0v) is 12.8. The number of anilines is 1. The molecule has 118 valence electrons. The van der Waals surface area contributed by atoms with E-state index in [2.05, 4.69) is 37.0 Å². The number of nitrogens with zero attached hydrogens (tertiary/aromatic N) is 5. The minimum absolute atomic E-state index is 0.260. The van der Waals surface area contributed by atoms with Gasteiger partial charge < -0.3 is 5.32 Å². The first-order valence-electron chi connectivity index (χ1n) is 7.44. The van der Waals surface area contributed by atoms with Crippen molar-refractivity contribution >= 4 is 11.3 Å². The maximum absolute atomic E-state index is 9.15. The number of hydrogen-bond donors (Lipinski definition) is 2. The number of nitriles is 1. The fourth-order valence-electron chi connectivity index (χ4n) is 2.21. The summed E-state index contributed by atoms with van der Waals surface area (Å²) in [5, 5.41) is 25.6. The van der Waals surface area contributed by atoms with Crippen LogP contribution in [0.3, 0.4) is 0 Å². The molecule has 3 aromatic rings. The van der Waals surface area contributed by atoms with Crippen LogP contribution in [0.4, 0.5) is 5.69 Å². The van der Waals surface area contributed by atoms with Crippen molar-refractivity contribution in [3.63, 3.8) is 0 Å². The summed E-state index contributed by atoms with van der Waals surface area (Å²) in [5.74, 6) is 0.260. The summed E-state index contributed by atoms with van der Waals surface area (Å²) < 4.78 is 0. The highest BCUT2D eigenvalue weighted by molar-refractivity contribution is 5.74. The summed E-state index contributed by atoms with van der Waals surface area (Å²) in [5.41, 5.74) is 3.46. The Bertz CT molecular complexity index is 848. The third-order valence-corrected chi connectivity index (χ3v) is 3.41. The molecule has 0 fully saturated rings. The topological polar surface area (TPSA) is 103 Å². The van der Waals surface area contributed by atoms with Gasteiger partial charge in [-0.05, 0) is 47.9 Å². The van der Waals surface area contributed by atoms with Crippen molar-refractivity contribution in [3.05, 3.63) is 71.9 Å². The molecule has 2 N–H and O–H groups in total. The summed E-state index contributed by atoms with van der Waals surface area (Å²) in [6.45, 7) is 0. The zero-order valence-electron chi connectivity index (χ0n) is 12.8. The van der Waals surface area contributed by atoms with E-state index in [9.17, 15) is 0 Å². The summed E-state index contributed by atoms with van der Waals surface area (Å²) in [6.07, 6.45) is 5.15. The second kappa shape index (κ2) is 7.65. The third kappa shape index (κ3) is 4.01. The molecule has 24 heavy (non-hydrogen) atoms. The highest BCUT2D eigenvalue weighted by Gasteiger charge is 2.05. The summed E-state index contributed by atoms with van der Waals surface area (Å²) in [7, 11) is 0. The number of aromatic nitrogens is 5. The molecule has 0 atom stereocenters. The smallest absolute Gasteiger partial charge is 0.216 e. The van der Waals surface area contributed by atoms with Crippen LogP contribution in [0.5, 0.6) is 0 Å². The average molecular weight is 317 g/mol. The predicted molar refractivity (Wildman–Crippen MR) is 89.5 cm³/mol. The van der Waals surface area contributed by atoms with Gasteiger partial charge in [-0.2, -0.15) is 10.5 Å². The second-order valence-electron chi connectivity index (χ2n) is 5.07. The van der Waals surface area contributed by atoms with Gasteiger partial charge >= 0.3 is 0 Å². The molecular formula is C17H15N7. The van der Waals surface area contributed by atoms with Gasteiger partial charge in [0.1, 0.15) is 11.6 Å². The Morgan fingerprint density at radius 3 is 2.92 bits per heavy atom. The molecular weight excluding hydrogens is 302 g/mol. The molecule has 0 aliphatic heterocycles. The van der Waals surface area contributed by atoms with Crippen molar-refractivity contribution in [2.45, 2.75) is 12.8 Å². The Hall–Kier alpha value is -3.53. The number of pyridine rings is 1. The lowest BCUT2D eigenvalue weighted by atomic mass is 10.1. The SMILES string of the molecule is N#CC(=CNc1cccc(CCc2ccccn2)c1)c1nn[nH]n1. The number of aromatic amines is 1. The first kappa shape index (κ1) is 15.4. The molecule has 2 heterocycles. The number of tetrazole rings is 1. The van der Waals surface area contributed by atoms with E-state index in [0.717, 1.165) is 24.2 Å². The first-order chi connectivity index (χ1) is 11.8. The summed E-state index contributed by atoms with van der Waals surface area (Å²) in [4.78, 5) is 4.33. The van der Waals surface area contributed by atoms with Gasteiger partial charge in [0, 0.05) is 23.8 Å². The molecule has 1 aromatic carbocycles. The van der Waals surface area contributed by atoms with Crippen molar-refractivity contribution < 1.29 is 0 Å². The van der Waals surface area contributed by atoms with E-state index in [1.807, 2.05) is 42.5 Å².